The molecule has 3 rings (SSSR count). The van der Waals surface area contributed by atoms with Crippen molar-refractivity contribution in [2.24, 2.45) is 0 Å². The largest absolute Gasteiger partial charge is 0.453 e. The molecule has 0 aromatic heterocycles. The van der Waals surface area contributed by atoms with Gasteiger partial charge in [-0.25, -0.2) is 9.59 Å². The van der Waals surface area contributed by atoms with Gasteiger partial charge in [-0.2, -0.15) is 0 Å². The molecule has 32 heavy (non-hydrogen) atoms. The first-order chi connectivity index (χ1) is 15.2. The number of carbonyl (C=O) groups is 2. The van der Waals surface area contributed by atoms with E-state index in [1.54, 1.807) is 20.8 Å². The Morgan fingerprint density at radius 2 is 1.66 bits per heavy atom. The fourth-order valence-corrected chi connectivity index (χ4v) is 4.16. The van der Waals surface area contributed by atoms with Crippen LogP contribution in [-0.2, 0) is 14.3 Å². The van der Waals surface area contributed by atoms with Crippen LogP contribution in [0.4, 0.5) is 4.79 Å². The molecule has 172 valence electrons. The zero-order chi connectivity index (χ0) is 23.3. The van der Waals surface area contributed by atoms with Crippen LogP contribution in [0.2, 0.25) is 0 Å². The summed E-state index contributed by atoms with van der Waals surface area (Å²) in [5.41, 5.74) is 0.898. The quantitative estimate of drug-likeness (QED) is 0.434. The van der Waals surface area contributed by atoms with Crippen LogP contribution in [0.15, 0.2) is 60.7 Å². The third kappa shape index (κ3) is 5.90. The third-order valence-electron chi connectivity index (χ3n) is 5.26. The van der Waals surface area contributed by atoms with E-state index < -0.39 is 42.0 Å². The number of hydrogen-bond acceptors (Lipinski definition) is 5. The van der Waals surface area contributed by atoms with E-state index in [0.29, 0.717) is 11.8 Å². The standard InChI is InChI=1S/C25H30BrNO5/c1-25(2,3)32-24(30)27-20(15-14-19(28)16-26)23(29)31-22(18-12-8-5-9-13-18)21(27)17-10-6-4-7-11-17/h4-13,19-22,28H,14-16H2,1-3H3/t19-,20-,21-,22+/m0/s1. The number of halogens is 1. The second-order valence-corrected chi connectivity index (χ2v) is 9.56. The van der Waals surface area contributed by atoms with E-state index in [1.807, 2.05) is 60.7 Å². The number of morpholine rings is 1. The molecular weight excluding hydrogens is 474 g/mol. The molecule has 2 aromatic rings. The van der Waals surface area contributed by atoms with Gasteiger partial charge >= 0.3 is 12.1 Å². The van der Waals surface area contributed by atoms with Gasteiger partial charge in [0.05, 0.1) is 6.10 Å². The average molecular weight is 504 g/mol. The average Bonchev–Trinajstić information content (AvgIpc) is 2.77. The van der Waals surface area contributed by atoms with Crippen molar-refractivity contribution in [3.05, 3.63) is 71.8 Å². The van der Waals surface area contributed by atoms with Crippen molar-refractivity contribution in [2.45, 2.75) is 63.5 Å². The van der Waals surface area contributed by atoms with Gasteiger partial charge < -0.3 is 14.6 Å². The van der Waals surface area contributed by atoms with Crippen molar-refractivity contribution in [1.82, 2.24) is 4.90 Å². The maximum absolute atomic E-state index is 13.5. The SMILES string of the molecule is CC(C)(C)OC(=O)N1[C@@H](CC[C@H](O)CBr)C(=O)O[C@H](c2ccccc2)[C@@H]1c1ccccc1. The zero-order valence-electron chi connectivity index (χ0n) is 18.6. The monoisotopic (exact) mass is 503 g/mol. The van der Waals surface area contributed by atoms with Crippen LogP contribution in [0, 0.1) is 0 Å². The molecule has 1 heterocycles. The molecule has 1 aliphatic heterocycles. The minimum Gasteiger partial charge on any atom is -0.453 e. The zero-order valence-corrected chi connectivity index (χ0v) is 20.2. The number of benzene rings is 2. The summed E-state index contributed by atoms with van der Waals surface area (Å²) < 4.78 is 11.7. The van der Waals surface area contributed by atoms with Crippen LogP contribution in [0.25, 0.3) is 0 Å². The van der Waals surface area contributed by atoms with E-state index in [4.69, 9.17) is 9.47 Å². The van der Waals surface area contributed by atoms with E-state index in [0.717, 1.165) is 11.1 Å². The highest BCUT2D eigenvalue weighted by molar-refractivity contribution is 9.09. The summed E-state index contributed by atoms with van der Waals surface area (Å²) in [6.07, 6.45) is -1.30. The van der Waals surface area contributed by atoms with Crippen LogP contribution in [0.1, 0.15) is 56.9 Å². The number of ether oxygens (including phenoxy) is 2. The lowest BCUT2D eigenvalue weighted by Gasteiger charge is -2.45. The van der Waals surface area contributed by atoms with Crippen LogP contribution < -0.4 is 0 Å². The number of alkyl halides is 1. The lowest BCUT2D eigenvalue weighted by molar-refractivity contribution is -0.175. The fourth-order valence-electron chi connectivity index (χ4n) is 3.84. The van der Waals surface area contributed by atoms with Crippen molar-refractivity contribution < 1.29 is 24.2 Å². The number of hydrogen-bond donors (Lipinski definition) is 1. The van der Waals surface area contributed by atoms with Gasteiger partial charge in [-0.1, -0.05) is 76.6 Å². The smallest absolute Gasteiger partial charge is 0.411 e. The number of aliphatic hydroxyl groups is 1. The first-order valence-corrected chi connectivity index (χ1v) is 11.9. The van der Waals surface area contributed by atoms with Crippen LogP contribution >= 0.6 is 15.9 Å². The van der Waals surface area contributed by atoms with Crippen LogP contribution in [-0.4, -0.2) is 45.1 Å². The second kappa shape index (κ2) is 10.5. The van der Waals surface area contributed by atoms with Gasteiger partial charge in [0.25, 0.3) is 0 Å². The molecule has 1 N–H and O–H groups in total. The molecule has 4 atom stereocenters. The van der Waals surface area contributed by atoms with Gasteiger partial charge in [-0.05, 0) is 44.7 Å². The summed E-state index contributed by atoms with van der Waals surface area (Å²) in [4.78, 5) is 28.1. The second-order valence-electron chi connectivity index (χ2n) is 8.91. The summed E-state index contributed by atoms with van der Waals surface area (Å²) in [7, 11) is 0. The molecule has 1 aliphatic rings. The first-order valence-electron chi connectivity index (χ1n) is 10.8. The Balaban J connectivity index is 2.08. The normalized spacial score (nSPS) is 22.2. The van der Waals surface area contributed by atoms with Gasteiger partial charge in [0, 0.05) is 5.33 Å². The lowest BCUT2D eigenvalue weighted by atomic mass is 9.90. The van der Waals surface area contributed by atoms with Crippen molar-refractivity contribution in [3.63, 3.8) is 0 Å². The van der Waals surface area contributed by atoms with Crippen molar-refractivity contribution in [2.75, 3.05) is 5.33 Å². The van der Waals surface area contributed by atoms with E-state index in [1.165, 1.54) is 4.90 Å². The summed E-state index contributed by atoms with van der Waals surface area (Å²) in [6, 6.07) is 17.5. The van der Waals surface area contributed by atoms with E-state index in [-0.39, 0.29) is 6.42 Å². The van der Waals surface area contributed by atoms with Crippen LogP contribution in [0.3, 0.4) is 0 Å². The van der Waals surface area contributed by atoms with Gasteiger partial charge in [0.2, 0.25) is 0 Å². The molecule has 1 amide bonds. The van der Waals surface area contributed by atoms with E-state index in [2.05, 4.69) is 15.9 Å². The summed E-state index contributed by atoms with van der Waals surface area (Å²) in [6.45, 7) is 5.38. The number of amides is 1. The Morgan fingerprint density at radius 1 is 1.09 bits per heavy atom. The Bertz CT molecular complexity index is 900. The molecule has 0 radical (unpaired) electrons. The highest BCUT2D eigenvalue weighted by Crippen LogP contribution is 2.43. The fraction of sp³-hybridized carbons (Fsp3) is 0.440. The predicted octanol–water partition coefficient (Wildman–Crippen LogP) is 5.17. The molecule has 0 saturated carbocycles. The topological polar surface area (TPSA) is 76.1 Å². The molecule has 1 saturated heterocycles. The Kier molecular flexibility index (Phi) is 7.96. The van der Waals surface area contributed by atoms with Gasteiger partial charge in [-0.15, -0.1) is 0 Å². The highest BCUT2D eigenvalue weighted by atomic mass is 79.9. The van der Waals surface area contributed by atoms with Crippen molar-refractivity contribution >= 4 is 28.0 Å². The predicted molar refractivity (Wildman–Crippen MR) is 125 cm³/mol. The van der Waals surface area contributed by atoms with Gasteiger partial charge in [-0.3, -0.25) is 4.90 Å². The van der Waals surface area contributed by atoms with Crippen molar-refractivity contribution in [1.29, 1.82) is 0 Å². The lowest BCUT2D eigenvalue weighted by Crippen LogP contribution is -2.55. The maximum Gasteiger partial charge on any atom is 0.411 e. The Labute approximate surface area is 197 Å². The molecule has 0 bridgehead atoms. The van der Waals surface area contributed by atoms with Crippen LogP contribution in [0.5, 0.6) is 0 Å². The molecule has 0 spiro atoms. The molecule has 7 heteroatoms. The molecule has 6 nitrogen and oxygen atoms in total. The molecule has 0 aliphatic carbocycles. The molecule has 2 aromatic carbocycles. The third-order valence-corrected chi connectivity index (χ3v) is 6.01. The number of rotatable bonds is 6. The Hall–Kier alpha value is -2.38. The minimum atomic E-state index is -0.872. The first kappa shape index (κ1) is 24.3. The number of carbonyl (C=O) groups excluding carboxylic acids is 2. The van der Waals surface area contributed by atoms with E-state index in [9.17, 15) is 14.7 Å². The maximum atomic E-state index is 13.5. The molecule has 1 fully saturated rings. The molecular formula is C25H30BrNO5. The number of cyclic esters (lactones) is 1. The number of aliphatic hydroxyl groups excluding tert-OH is 1. The number of nitrogens with zero attached hydrogens (tertiary/aromatic N) is 1. The number of esters is 1. The Morgan fingerprint density at radius 3 is 2.19 bits per heavy atom. The molecule has 0 unspecified atom stereocenters. The van der Waals surface area contributed by atoms with Gasteiger partial charge in [0.1, 0.15) is 17.7 Å². The summed E-state index contributed by atoms with van der Waals surface area (Å²) in [5, 5.41) is 10.5. The van der Waals surface area contributed by atoms with E-state index >= 15 is 0 Å². The summed E-state index contributed by atoms with van der Waals surface area (Å²) >= 11 is 3.26. The van der Waals surface area contributed by atoms with Gasteiger partial charge in [0.15, 0.2) is 6.10 Å². The highest BCUT2D eigenvalue weighted by Gasteiger charge is 2.48. The minimum absolute atomic E-state index is 0.260. The summed E-state index contributed by atoms with van der Waals surface area (Å²) in [5.74, 6) is -0.501. The van der Waals surface area contributed by atoms with Crippen molar-refractivity contribution in [3.8, 4) is 0 Å².